The first-order valence-corrected chi connectivity index (χ1v) is 10.5. The van der Waals surface area contributed by atoms with Crippen molar-refractivity contribution in [3.8, 4) is 11.5 Å². The van der Waals surface area contributed by atoms with Gasteiger partial charge >= 0.3 is 0 Å². The zero-order valence-corrected chi connectivity index (χ0v) is 18.3. The minimum Gasteiger partial charge on any atom is -0.497 e. The molecule has 0 aromatic heterocycles. The highest BCUT2D eigenvalue weighted by Crippen LogP contribution is 2.46. The number of ether oxygens (including phenoxy) is 2. The molecular formula is C23H21ClN2O6. The third kappa shape index (κ3) is 3.71. The topological polar surface area (TPSA) is 99.0 Å². The van der Waals surface area contributed by atoms with Crippen LogP contribution in [-0.2, 0) is 9.59 Å². The Bertz CT molecular complexity index is 1160. The summed E-state index contributed by atoms with van der Waals surface area (Å²) in [5.74, 6) is 0.382. The Balaban J connectivity index is 1.87. The largest absolute Gasteiger partial charge is 0.497 e. The summed E-state index contributed by atoms with van der Waals surface area (Å²) in [5.41, 5.74) is 1.90. The van der Waals surface area contributed by atoms with E-state index in [2.05, 4.69) is 0 Å². The molecule has 0 N–H and O–H groups in total. The molecule has 0 bridgehead atoms. The average Bonchev–Trinajstić information content (AvgIpc) is 2.78. The van der Waals surface area contributed by atoms with Gasteiger partial charge in [0.05, 0.1) is 24.8 Å². The lowest BCUT2D eigenvalue weighted by Gasteiger charge is -2.38. The highest BCUT2D eigenvalue weighted by molar-refractivity contribution is 6.32. The fraction of sp³-hybridized carbons (Fsp3) is 0.304. The number of nitrogens with zero attached hydrogens (tertiary/aromatic N) is 2. The van der Waals surface area contributed by atoms with E-state index in [1.54, 1.807) is 25.3 Å². The fourth-order valence-corrected chi connectivity index (χ4v) is 4.63. The fourth-order valence-electron chi connectivity index (χ4n) is 4.44. The summed E-state index contributed by atoms with van der Waals surface area (Å²) in [6, 6.07) is 9.53. The van der Waals surface area contributed by atoms with Gasteiger partial charge in [-0.05, 0) is 31.0 Å². The summed E-state index contributed by atoms with van der Waals surface area (Å²) >= 11 is 5.95. The maximum Gasteiger partial charge on any atom is 0.289 e. The van der Waals surface area contributed by atoms with Crippen molar-refractivity contribution in [3.63, 3.8) is 0 Å². The second-order valence-corrected chi connectivity index (χ2v) is 8.03. The molecule has 2 aliphatic rings. The van der Waals surface area contributed by atoms with Gasteiger partial charge in [0.25, 0.3) is 5.69 Å². The molecule has 4 rings (SSSR count). The van der Waals surface area contributed by atoms with Crippen molar-refractivity contribution in [2.75, 3.05) is 19.1 Å². The Kier molecular flexibility index (Phi) is 5.88. The predicted octanol–water partition coefficient (Wildman–Crippen LogP) is 4.79. The van der Waals surface area contributed by atoms with Crippen LogP contribution in [-0.4, -0.2) is 30.8 Å². The van der Waals surface area contributed by atoms with Crippen LogP contribution in [0, 0.1) is 10.1 Å². The van der Waals surface area contributed by atoms with Crippen molar-refractivity contribution >= 4 is 34.7 Å². The number of carbonyl (C=O) groups excluding carboxylic acids is 2. The van der Waals surface area contributed by atoms with Crippen LogP contribution in [0.15, 0.2) is 47.7 Å². The number of amides is 1. The smallest absolute Gasteiger partial charge is 0.289 e. The molecule has 1 aliphatic heterocycles. The number of benzene rings is 2. The van der Waals surface area contributed by atoms with Crippen molar-refractivity contribution in [1.82, 2.24) is 0 Å². The zero-order valence-electron chi connectivity index (χ0n) is 17.6. The predicted molar refractivity (Wildman–Crippen MR) is 118 cm³/mol. The standard InChI is InChI=1S/C23H21ClN2O6/c1-31-14-7-8-15(21(11-14)32-2)16-12-22(28)25(18-4-3-5-20(27)23(16)18)13-6-9-17(24)19(10-13)26(29)30/h6-11,16H,3-5,12H2,1-2H3. The molecule has 9 heteroatoms. The Labute approximate surface area is 189 Å². The quantitative estimate of drug-likeness (QED) is 0.473. The SMILES string of the molecule is COc1ccc(C2CC(=O)N(c3ccc(Cl)c([N+](=O)[O-])c3)C3=C2C(=O)CCC3)c(OC)c1. The molecule has 166 valence electrons. The van der Waals surface area contributed by atoms with Gasteiger partial charge in [-0.25, -0.2) is 0 Å². The first kappa shape index (κ1) is 21.8. The molecule has 1 unspecified atom stereocenters. The summed E-state index contributed by atoms with van der Waals surface area (Å²) in [4.78, 5) is 38.6. The molecule has 0 radical (unpaired) electrons. The third-order valence-corrected chi connectivity index (χ3v) is 6.20. The minimum atomic E-state index is -0.591. The van der Waals surface area contributed by atoms with Crippen LogP contribution in [0.3, 0.4) is 0 Å². The number of methoxy groups -OCH3 is 2. The van der Waals surface area contributed by atoms with Crippen LogP contribution < -0.4 is 14.4 Å². The highest BCUT2D eigenvalue weighted by Gasteiger charge is 2.41. The normalized spacial score (nSPS) is 18.5. The molecule has 1 atom stereocenters. The number of Topliss-reactive ketones (excluding diaryl/α,β-unsaturated/α-hetero) is 1. The lowest BCUT2D eigenvalue weighted by molar-refractivity contribution is -0.384. The van der Waals surface area contributed by atoms with E-state index in [-0.39, 0.29) is 28.8 Å². The number of rotatable bonds is 5. The van der Waals surface area contributed by atoms with Gasteiger partial charge < -0.3 is 9.47 Å². The van der Waals surface area contributed by atoms with Crippen molar-refractivity contribution in [2.45, 2.75) is 31.6 Å². The van der Waals surface area contributed by atoms with E-state index in [4.69, 9.17) is 21.1 Å². The highest BCUT2D eigenvalue weighted by atomic mass is 35.5. The maximum atomic E-state index is 13.3. The van der Waals surface area contributed by atoms with Crippen LogP contribution in [0.4, 0.5) is 11.4 Å². The second-order valence-electron chi connectivity index (χ2n) is 7.62. The molecule has 1 aliphatic carbocycles. The second kappa shape index (κ2) is 8.63. The molecule has 8 nitrogen and oxygen atoms in total. The Morgan fingerprint density at radius 1 is 1.09 bits per heavy atom. The number of halogens is 1. The van der Waals surface area contributed by atoms with E-state index in [0.717, 1.165) is 5.56 Å². The van der Waals surface area contributed by atoms with Crippen molar-refractivity contribution in [3.05, 3.63) is 68.4 Å². The lowest BCUT2D eigenvalue weighted by Crippen LogP contribution is -2.40. The third-order valence-electron chi connectivity index (χ3n) is 5.88. The van der Waals surface area contributed by atoms with E-state index in [9.17, 15) is 19.7 Å². The van der Waals surface area contributed by atoms with Crippen LogP contribution in [0.2, 0.25) is 5.02 Å². The molecule has 0 saturated heterocycles. The number of ketones is 1. The van der Waals surface area contributed by atoms with Crippen LogP contribution >= 0.6 is 11.6 Å². The lowest BCUT2D eigenvalue weighted by atomic mass is 9.76. The van der Waals surface area contributed by atoms with Gasteiger partial charge in [0, 0.05) is 47.7 Å². The summed E-state index contributed by atoms with van der Waals surface area (Å²) < 4.78 is 10.8. The summed E-state index contributed by atoms with van der Waals surface area (Å²) in [7, 11) is 3.08. The molecular weight excluding hydrogens is 436 g/mol. The number of nitro benzene ring substituents is 1. The van der Waals surface area contributed by atoms with Gasteiger partial charge in [0.1, 0.15) is 16.5 Å². The summed E-state index contributed by atoms with van der Waals surface area (Å²) in [6.07, 6.45) is 1.53. The van der Waals surface area contributed by atoms with Crippen LogP contribution in [0.25, 0.3) is 0 Å². The van der Waals surface area contributed by atoms with Crippen molar-refractivity contribution in [1.29, 1.82) is 0 Å². The number of anilines is 1. The maximum absolute atomic E-state index is 13.3. The number of nitro groups is 1. The molecule has 1 amide bonds. The number of hydrogen-bond donors (Lipinski definition) is 0. The van der Waals surface area contributed by atoms with Gasteiger partial charge in [-0.3, -0.25) is 24.6 Å². The van der Waals surface area contributed by atoms with E-state index in [1.807, 2.05) is 6.07 Å². The average molecular weight is 457 g/mol. The molecule has 1 heterocycles. The van der Waals surface area contributed by atoms with Crippen LogP contribution in [0.5, 0.6) is 11.5 Å². The zero-order chi connectivity index (χ0) is 23.0. The van der Waals surface area contributed by atoms with Gasteiger partial charge in [0.15, 0.2) is 5.78 Å². The molecule has 2 aromatic carbocycles. The molecule has 0 fully saturated rings. The van der Waals surface area contributed by atoms with Gasteiger partial charge in [0.2, 0.25) is 5.91 Å². The summed E-state index contributed by atoms with van der Waals surface area (Å²) in [6.45, 7) is 0. The molecule has 0 saturated carbocycles. The molecule has 2 aromatic rings. The first-order chi connectivity index (χ1) is 15.3. The number of hydrogen-bond acceptors (Lipinski definition) is 6. The van der Waals surface area contributed by atoms with E-state index < -0.39 is 10.8 Å². The summed E-state index contributed by atoms with van der Waals surface area (Å²) in [5, 5.41) is 11.3. The van der Waals surface area contributed by atoms with Crippen molar-refractivity contribution < 1.29 is 24.0 Å². The molecule has 0 spiro atoms. The van der Waals surface area contributed by atoms with Gasteiger partial charge in [-0.15, -0.1) is 0 Å². The molecule has 32 heavy (non-hydrogen) atoms. The first-order valence-electron chi connectivity index (χ1n) is 10.1. The van der Waals surface area contributed by atoms with Crippen LogP contribution in [0.1, 0.15) is 37.2 Å². The Morgan fingerprint density at radius 3 is 2.56 bits per heavy atom. The Hall–Kier alpha value is -3.39. The van der Waals surface area contributed by atoms with Crippen molar-refractivity contribution in [2.24, 2.45) is 0 Å². The Morgan fingerprint density at radius 2 is 1.88 bits per heavy atom. The number of allylic oxidation sites excluding steroid dienone is 2. The van der Waals surface area contributed by atoms with Gasteiger partial charge in [-0.1, -0.05) is 17.7 Å². The monoisotopic (exact) mass is 456 g/mol. The number of carbonyl (C=O) groups is 2. The minimum absolute atomic E-state index is 0.0158. The van der Waals surface area contributed by atoms with E-state index >= 15 is 0 Å². The van der Waals surface area contributed by atoms with E-state index in [0.29, 0.717) is 47.7 Å². The van der Waals surface area contributed by atoms with Gasteiger partial charge in [-0.2, -0.15) is 0 Å². The van der Waals surface area contributed by atoms with E-state index in [1.165, 1.54) is 24.1 Å².